The van der Waals surface area contributed by atoms with Gasteiger partial charge in [0.15, 0.2) is 5.78 Å². The first-order valence-electron chi connectivity index (χ1n) is 7.20. The molecule has 1 heterocycles. The second kappa shape index (κ2) is 5.60. The molecule has 3 rings (SSSR count). The molecule has 1 aliphatic rings. The summed E-state index contributed by atoms with van der Waals surface area (Å²) in [7, 11) is 1.61. The van der Waals surface area contributed by atoms with Crippen molar-refractivity contribution < 1.29 is 9.59 Å². The number of nitrogens with zero attached hydrogens (tertiary/aromatic N) is 1. The molecule has 0 atom stereocenters. The van der Waals surface area contributed by atoms with Crippen LogP contribution < -0.4 is 10.5 Å². The molecule has 0 radical (unpaired) electrons. The lowest BCUT2D eigenvalue weighted by atomic mass is 9.93. The van der Waals surface area contributed by atoms with Gasteiger partial charge in [0.05, 0.1) is 0 Å². The van der Waals surface area contributed by atoms with E-state index in [2.05, 4.69) is 4.98 Å². The van der Waals surface area contributed by atoms with Crippen molar-refractivity contribution in [2.24, 2.45) is 0 Å². The molecule has 1 aliphatic carbocycles. The van der Waals surface area contributed by atoms with Crippen molar-refractivity contribution in [3.63, 3.8) is 0 Å². The maximum atomic E-state index is 12.6. The molecule has 0 unspecified atom stereocenters. The number of aromatic nitrogens is 1. The highest BCUT2D eigenvalue weighted by Crippen LogP contribution is 2.20. The number of hydrogen-bond acceptors (Lipinski definition) is 3. The van der Waals surface area contributed by atoms with E-state index in [1.165, 1.54) is 11.0 Å². The Hall–Kier alpha value is -2.69. The lowest BCUT2D eigenvalue weighted by Gasteiger charge is -2.19. The Morgan fingerprint density at radius 2 is 1.86 bits per heavy atom. The number of rotatable bonds is 2. The highest BCUT2D eigenvalue weighted by molar-refractivity contribution is 6.07. The van der Waals surface area contributed by atoms with Gasteiger partial charge in [-0.3, -0.25) is 14.4 Å². The maximum absolute atomic E-state index is 12.6. The van der Waals surface area contributed by atoms with Crippen LogP contribution in [0.4, 0.5) is 5.69 Å². The van der Waals surface area contributed by atoms with Crippen LogP contribution in [0, 0.1) is 0 Å². The average molecular weight is 296 g/mol. The van der Waals surface area contributed by atoms with Crippen LogP contribution in [0.25, 0.3) is 0 Å². The minimum absolute atomic E-state index is 0.000327. The van der Waals surface area contributed by atoms with Crippen LogP contribution in [0.15, 0.2) is 41.2 Å². The van der Waals surface area contributed by atoms with E-state index in [0.717, 1.165) is 6.42 Å². The molecule has 0 saturated carbocycles. The Morgan fingerprint density at radius 1 is 1.14 bits per heavy atom. The summed E-state index contributed by atoms with van der Waals surface area (Å²) >= 11 is 0. The number of ketones is 1. The van der Waals surface area contributed by atoms with E-state index >= 15 is 0 Å². The largest absolute Gasteiger partial charge is 0.325 e. The summed E-state index contributed by atoms with van der Waals surface area (Å²) in [5, 5.41) is 0. The zero-order chi connectivity index (χ0) is 15.7. The van der Waals surface area contributed by atoms with Gasteiger partial charge in [0.1, 0.15) is 5.56 Å². The molecular formula is C17H16N2O3. The van der Waals surface area contributed by atoms with E-state index in [1.54, 1.807) is 19.2 Å². The smallest absolute Gasteiger partial charge is 0.263 e. The second-order valence-electron chi connectivity index (χ2n) is 5.38. The SMILES string of the molecule is CN(C(=O)c1cc2c([nH]c1=O)CCCC2=O)c1ccccc1. The first-order valence-corrected chi connectivity index (χ1v) is 7.20. The number of H-pyrrole nitrogens is 1. The van der Waals surface area contributed by atoms with Gasteiger partial charge in [-0.05, 0) is 31.0 Å². The predicted octanol–water partition coefficient (Wildman–Crippen LogP) is 2.17. The van der Waals surface area contributed by atoms with Crippen molar-refractivity contribution in [2.45, 2.75) is 19.3 Å². The first-order chi connectivity index (χ1) is 10.6. The minimum atomic E-state index is -0.443. The third kappa shape index (κ3) is 2.45. The fraction of sp³-hybridized carbons (Fsp3) is 0.235. The zero-order valence-electron chi connectivity index (χ0n) is 12.3. The second-order valence-corrected chi connectivity index (χ2v) is 5.38. The van der Waals surface area contributed by atoms with Crippen molar-refractivity contribution in [2.75, 3.05) is 11.9 Å². The summed E-state index contributed by atoms with van der Waals surface area (Å²) in [5.74, 6) is -0.442. The van der Waals surface area contributed by atoms with E-state index < -0.39 is 11.5 Å². The summed E-state index contributed by atoms with van der Waals surface area (Å²) < 4.78 is 0. The topological polar surface area (TPSA) is 70.2 Å². The van der Waals surface area contributed by atoms with E-state index in [4.69, 9.17) is 0 Å². The zero-order valence-corrected chi connectivity index (χ0v) is 12.3. The van der Waals surface area contributed by atoms with E-state index in [9.17, 15) is 14.4 Å². The lowest BCUT2D eigenvalue weighted by molar-refractivity contribution is 0.0971. The number of carbonyl (C=O) groups is 2. The fourth-order valence-electron chi connectivity index (χ4n) is 2.68. The van der Waals surface area contributed by atoms with Crippen LogP contribution in [0.1, 0.15) is 39.3 Å². The van der Waals surface area contributed by atoms with E-state index in [-0.39, 0.29) is 11.3 Å². The quantitative estimate of drug-likeness (QED) is 0.923. The Labute approximate surface area is 127 Å². The number of anilines is 1. The standard InChI is InChI=1S/C17H16N2O3/c1-19(11-6-3-2-4-7-11)17(22)13-10-12-14(18-16(13)21)8-5-9-15(12)20/h2-4,6-7,10H,5,8-9H2,1H3,(H,18,21). The number of aryl methyl sites for hydroxylation is 1. The summed E-state index contributed by atoms with van der Waals surface area (Å²) in [6.45, 7) is 0. The normalized spacial score (nSPS) is 13.6. The summed E-state index contributed by atoms with van der Waals surface area (Å²) in [4.78, 5) is 40.8. The number of amides is 1. The highest BCUT2D eigenvalue weighted by atomic mass is 16.2. The molecule has 112 valence electrons. The van der Waals surface area contributed by atoms with Gasteiger partial charge in [0, 0.05) is 30.4 Å². The van der Waals surface area contributed by atoms with Crippen molar-refractivity contribution in [1.82, 2.24) is 4.98 Å². The molecule has 5 nitrogen and oxygen atoms in total. The molecule has 5 heteroatoms. The molecular weight excluding hydrogens is 280 g/mol. The number of aromatic amines is 1. The number of hydrogen-bond donors (Lipinski definition) is 1. The van der Waals surface area contributed by atoms with Gasteiger partial charge < -0.3 is 9.88 Å². The van der Waals surface area contributed by atoms with Gasteiger partial charge >= 0.3 is 0 Å². The number of Topliss-reactive ketones (excluding diaryl/α,β-unsaturated/α-hetero) is 1. The van der Waals surface area contributed by atoms with Crippen molar-refractivity contribution >= 4 is 17.4 Å². The van der Waals surface area contributed by atoms with Crippen LogP contribution in [-0.4, -0.2) is 23.7 Å². The number of fused-ring (bicyclic) bond motifs is 1. The van der Waals surface area contributed by atoms with E-state index in [0.29, 0.717) is 29.8 Å². The number of para-hydroxylation sites is 1. The van der Waals surface area contributed by atoms with Gasteiger partial charge in [-0.1, -0.05) is 18.2 Å². The van der Waals surface area contributed by atoms with Crippen molar-refractivity contribution in [3.8, 4) is 0 Å². The molecule has 1 N–H and O–H groups in total. The highest BCUT2D eigenvalue weighted by Gasteiger charge is 2.23. The van der Waals surface area contributed by atoms with Gasteiger partial charge in [0.2, 0.25) is 0 Å². The molecule has 1 amide bonds. The van der Waals surface area contributed by atoms with Gasteiger partial charge in [0.25, 0.3) is 11.5 Å². The number of benzene rings is 1. The predicted molar refractivity (Wildman–Crippen MR) is 83.5 cm³/mol. The Bertz CT molecular complexity index is 793. The van der Waals surface area contributed by atoms with Crippen LogP contribution in [0.3, 0.4) is 0 Å². The van der Waals surface area contributed by atoms with Crippen molar-refractivity contribution in [1.29, 1.82) is 0 Å². The lowest BCUT2D eigenvalue weighted by Crippen LogP contribution is -2.33. The molecule has 22 heavy (non-hydrogen) atoms. The Kier molecular flexibility index (Phi) is 3.63. The Balaban J connectivity index is 2.01. The number of pyridine rings is 1. The van der Waals surface area contributed by atoms with Crippen LogP contribution in [0.2, 0.25) is 0 Å². The minimum Gasteiger partial charge on any atom is -0.325 e. The molecule has 0 aliphatic heterocycles. The Morgan fingerprint density at radius 3 is 2.59 bits per heavy atom. The summed E-state index contributed by atoms with van der Waals surface area (Å²) in [5.41, 5.74) is 1.35. The molecule has 2 aromatic rings. The monoisotopic (exact) mass is 296 g/mol. The number of nitrogens with one attached hydrogen (secondary N) is 1. The van der Waals surface area contributed by atoms with Crippen LogP contribution in [0.5, 0.6) is 0 Å². The third-order valence-electron chi connectivity index (χ3n) is 3.93. The van der Waals surface area contributed by atoms with Crippen molar-refractivity contribution in [3.05, 3.63) is 63.6 Å². The van der Waals surface area contributed by atoms with Gasteiger partial charge in [-0.25, -0.2) is 0 Å². The summed E-state index contributed by atoms with van der Waals surface area (Å²) in [6.07, 6.45) is 1.86. The molecule has 1 aromatic carbocycles. The maximum Gasteiger partial charge on any atom is 0.263 e. The molecule has 1 aromatic heterocycles. The molecule has 0 saturated heterocycles. The molecule has 0 spiro atoms. The molecule has 0 fully saturated rings. The van der Waals surface area contributed by atoms with Crippen LogP contribution >= 0.6 is 0 Å². The summed E-state index contributed by atoms with van der Waals surface area (Å²) in [6, 6.07) is 10.5. The van der Waals surface area contributed by atoms with Gasteiger partial charge in [-0.2, -0.15) is 0 Å². The fourth-order valence-corrected chi connectivity index (χ4v) is 2.68. The van der Waals surface area contributed by atoms with Crippen LogP contribution in [-0.2, 0) is 6.42 Å². The molecule has 0 bridgehead atoms. The first kappa shape index (κ1) is 14.3. The average Bonchev–Trinajstić information content (AvgIpc) is 2.54. The van der Waals surface area contributed by atoms with E-state index in [1.807, 2.05) is 18.2 Å². The number of carbonyl (C=O) groups excluding carboxylic acids is 2. The van der Waals surface area contributed by atoms with Gasteiger partial charge in [-0.15, -0.1) is 0 Å². The third-order valence-corrected chi connectivity index (χ3v) is 3.93.